The van der Waals surface area contributed by atoms with Crippen LogP contribution in [0, 0.1) is 0 Å². The second-order valence-corrected chi connectivity index (χ2v) is 8.30. The summed E-state index contributed by atoms with van der Waals surface area (Å²) in [5.74, 6) is 0. The molecule has 0 bridgehead atoms. The van der Waals surface area contributed by atoms with Gasteiger partial charge < -0.3 is 15.1 Å². The first-order valence-electron chi connectivity index (χ1n) is 9.18. The molecular formula is C19H34ClN4+. The molecule has 1 atom stereocenters. The van der Waals surface area contributed by atoms with E-state index in [0.717, 1.165) is 35.8 Å². The summed E-state index contributed by atoms with van der Waals surface area (Å²) >= 11 is 5.84. The van der Waals surface area contributed by atoms with Crippen LogP contribution in [-0.2, 0) is 0 Å². The summed E-state index contributed by atoms with van der Waals surface area (Å²) in [6, 6.07) is 9.01. The lowest BCUT2D eigenvalue weighted by Gasteiger charge is -2.36. The van der Waals surface area contributed by atoms with Crippen molar-refractivity contribution >= 4 is 23.2 Å². The third-order valence-electron chi connectivity index (χ3n) is 5.36. The molecule has 1 unspecified atom stereocenters. The van der Waals surface area contributed by atoms with Crippen LogP contribution in [0.4, 0.5) is 11.4 Å². The molecule has 0 aliphatic carbocycles. The summed E-state index contributed by atoms with van der Waals surface area (Å²) < 4.78 is 2.88. The Kier molecular flexibility index (Phi) is 7.20. The first-order chi connectivity index (χ1) is 11.4. The standard InChI is InChI=1S/C19H34ClN4/c1-22(20)13-6-4-5-7-15-24(2,3)19-12-14-23(16-19)18-10-8-17(21)9-11-18/h8-11,19H,4-7,12-16,21H2,1-3H3/q+1. The van der Waals surface area contributed by atoms with Gasteiger partial charge in [0.25, 0.3) is 0 Å². The van der Waals surface area contributed by atoms with E-state index in [2.05, 4.69) is 31.1 Å². The van der Waals surface area contributed by atoms with Gasteiger partial charge >= 0.3 is 0 Å². The van der Waals surface area contributed by atoms with Gasteiger partial charge in [0, 0.05) is 37.9 Å². The highest BCUT2D eigenvalue weighted by Gasteiger charge is 2.34. The summed E-state index contributed by atoms with van der Waals surface area (Å²) in [7, 11) is 6.71. The Balaban J connectivity index is 1.73. The van der Waals surface area contributed by atoms with Crippen LogP contribution in [0.15, 0.2) is 24.3 Å². The number of hydrogen-bond acceptors (Lipinski definition) is 3. The number of quaternary nitrogens is 1. The minimum atomic E-state index is 0.719. The smallest absolute Gasteiger partial charge is 0.108 e. The molecule has 24 heavy (non-hydrogen) atoms. The van der Waals surface area contributed by atoms with Gasteiger partial charge in [-0.15, -0.1) is 0 Å². The zero-order valence-electron chi connectivity index (χ0n) is 15.5. The Labute approximate surface area is 152 Å². The van der Waals surface area contributed by atoms with E-state index in [4.69, 9.17) is 17.5 Å². The van der Waals surface area contributed by atoms with E-state index in [-0.39, 0.29) is 0 Å². The van der Waals surface area contributed by atoms with Crippen LogP contribution in [0.5, 0.6) is 0 Å². The van der Waals surface area contributed by atoms with E-state index in [1.807, 2.05) is 19.2 Å². The lowest BCUT2D eigenvalue weighted by Crippen LogP contribution is -2.50. The summed E-state index contributed by atoms with van der Waals surface area (Å²) in [6.45, 7) is 4.54. The first kappa shape index (κ1) is 19.4. The monoisotopic (exact) mass is 353 g/mol. The van der Waals surface area contributed by atoms with Crippen LogP contribution in [-0.4, -0.2) is 62.3 Å². The van der Waals surface area contributed by atoms with Gasteiger partial charge in [-0.2, -0.15) is 0 Å². The van der Waals surface area contributed by atoms with Crippen LogP contribution >= 0.6 is 11.8 Å². The lowest BCUT2D eigenvalue weighted by atomic mass is 10.1. The van der Waals surface area contributed by atoms with Gasteiger partial charge in [0.2, 0.25) is 0 Å². The number of likely N-dealkylation sites (N-methyl/N-ethyl adjacent to an activating group) is 1. The van der Waals surface area contributed by atoms with Gasteiger partial charge in [0.15, 0.2) is 0 Å². The molecular weight excluding hydrogens is 320 g/mol. The molecule has 0 radical (unpaired) electrons. The largest absolute Gasteiger partial charge is 0.399 e. The molecule has 1 aromatic carbocycles. The zero-order valence-corrected chi connectivity index (χ0v) is 16.3. The second kappa shape index (κ2) is 8.93. The van der Waals surface area contributed by atoms with Crippen molar-refractivity contribution in [1.82, 2.24) is 4.42 Å². The maximum absolute atomic E-state index is 5.84. The van der Waals surface area contributed by atoms with Crippen molar-refractivity contribution in [3.63, 3.8) is 0 Å². The van der Waals surface area contributed by atoms with Gasteiger partial charge in [0.1, 0.15) is 6.04 Å². The number of rotatable bonds is 9. The average Bonchev–Trinajstić information content (AvgIpc) is 3.02. The van der Waals surface area contributed by atoms with Gasteiger partial charge in [-0.05, 0) is 55.3 Å². The molecule has 2 N–H and O–H groups in total. The fourth-order valence-electron chi connectivity index (χ4n) is 3.62. The molecule has 1 saturated heterocycles. The van der Waals surface area contributed by atoms with E-state index in [9.17, 15) is 0 Å². The number of benzene rings is 1. The Hall–Kier alpha value is -0.970. The molecule has 4 nitrogen and oxygen atoms in total. The van der Waals surface area contributed by atoms with Crippen molar-refractivity contribution in [1.29, 1.82) is 0 Å². The predicted molar refractivity (Wildman–Crippen MR) is 105 cm³/mol. The topological polar surface area (TPSA) is 32.5 Å². The molecule has 1 aliphatic heterocycles. The van der Waals surface area contributed by atoms with Crippen LogP contribution in [0.2, 0.25) is 0 Å². The highest BCUT2D eigenvalue weighted by molar-refractivity contribution is 6.13. The molecule has 136 valence electrons. The molecule has 1 heterocycles. The summed E-state index contributed by atoms with van der Waals surface area (Å²) in [5, 5.41) is 0. The zero-order chi connectivity index (χ0) is 17.6. The number of nitrogens with two attached hydrogens (primary N) is 1. The molecule has 0 saturated carbocycles. The van der Waals surface area contributed by atoms with Crippen LogP contribution in [0.1, 0.15) is 32.1 Å². The van der Waals surface area contributed by atoms with Crippen LogP contribution in [0.3, 0.4) is 0 Å². The number of unbranched alkanes of at least 4 members (excludes halogenated alkanes) is 3. The van der Waals surface area contributed by atoms with Crippen molar-refractivity contribution in [2.24, 2.45) is 0 Å². The third-order valence-corrected chi connectivity index (χ3v) is 5.53. The van der Waals surface area contributed by atoms with Gasteiger partial charge in [-0.3, -0.25) is 0 Å². The molecule has 0 amide bonds. The van der Waals surface area contributed by atoms with Crippen LogP contribution < -0.4 is 10.6 Å². The number of hydrogen-bond donors (Lipinski definition) is 1. The summed E-state index contributed by atoms with van der Waals surface area (Å²) in [4.78, 5) is 2.50. The molecule has 1 aliphatic rings. The highest BCUT2D eigenvalue weighted by atomic mass is 35.5. The number of nitrogens with zero attached hydrogens (tertiary/aromatic N) is 3. The lowest BCUT2D eigenvalue weighted by molar-refractivity contribution is -0.912. The molecule has 0 aromatic heterocycles. The minimum absolute atomic E-state index is 0.719. The molecule has 0 spiro atoms. The minimum Gasteiger partial charge on any atom is -0.399 e. The average molecular weight is 354 g/mol. The van der Waals surface area contributed by atoms with E-state index >= 15 is 0 Å². The van der Waals surface area contributed by atoms with Crippen molar-refractivity contribution in [3.05, 3.63) is 24.3 Å². The van der Waals surface area contributed by atoms with Gasteiger partial charge in [-0.25, -0.2) is 4.42 Å². The summed E-state index contributed by atoms with van der Waals surface area (Å²) in [6.07, 6.45) is 6.35. The number of nitrogen functional groups attached to an aromatic ring is 1. The molecule has 1 aromatic rings. The van der Waals surface area contributed by atoms with Gasteiger partial charge in [-0.1, -0.05) is 6.42 Å². The maximum atomic E-state index is 5.84. The van der Waals surface area contributed by atoms with Crippen molar-refractivity contribution in [2.75, 3.05) is 58.0 Å². The first-order valence-corrected chi connectivity index (χ1v) is 9.52. The quantitative estimate of drug-likeness (QED) is 0.319. The second-order valence-electron chi connectivity index (χ2n) is 7.72. The predicted octanol–water partition coefficient (Wildman–Crippen LogP) is 3.57. The van der Waals surface area contributed by atoms with Crippen LogP contribution in [0.25, 0.3) is 0 Å². The maximum Gasteiger partial charge on any atom is 0.108 e. The van der Waals surface area contributed by atoms with Crippen molar-refractivity contribution < 1.29 is 4.48 Å². The fourth-order valence-corrected chi connectivity index (χ4v) is 3.74. The third kappa shape index (κ3) is 5.83. The Bertz CT molecular complexity index is 487. The molecule has 5 heteroatoms. The van der Waals surface area contributed by atoms with Gasteiger partial charge in [0.05, 0.1) is 27.2 Å². The Morgan fingerprint density at radius 1 is 1.17 bits per heavy atom. The van der Waals surface area contributed by atoms with E-state index in [0.29, 0.717) is 0 Å². The summed E-state index contributed by atoms with van der Waals surface area (Å²) in [5.41, 5.74) is 7.94. The van der Waals surface area contributed by atoms with Crippen molar-refractivity contribution in [3.8, 4) is 0 Å². The molecule has 2 rings (SSSR count). The van der Waals surface area contributed by atoms with E-state index in [1.54, 1.807) is 4.42 Å². The van der Waals surface area contributed by atoms with Crippen molar-refractivity contribution in [2.45, 2.75) is 38.1 Å². The normalized spacial score (nSPS) is 18.5. The number of anilines is 2. The SMILES string of the molecule is CN(Cl)CCCCCC[N+](C)(C)C1CCN(c2ccc(N)cc2)C1. The highest BCUT2D eigenvalue weighted by Crippen LogP contribution is 2.26. The Morgan fingerprint density at radius 2 is 1.83 bits per heavy atom. The van der Waals surface area contributed by atoms with E-state index < -0.39 is 0 Å². The Morgan fingerprint density at radius 3 is 2.50 bits per heavy atom. The van der Waals surface area contributed by atoms with E-state index in [1.165, 1.54) is 44.3 Å². The molecule has 1 fully saturated rings. The number of halogens is 1. The fraction of sp³-hybridized carbons (Fsp3) is 0.684.